The SMILES string of the molecule is Cc1cc2c(Nc3ccc(Br)cc3C(=O)O)ncnc2s1. The van der Waals surface area contributed by atoms with E-state index in [1.165, 1.54) is 6.33 Å². The van der Waals surface area contributed by atoms with Crippen LogP contribution in [0, 0.1) is 6.92 Å². The van der Waals surface area contributed by atoms with Crippen molar-refractivity contribution < 1.29 is 9.90 Å². The van der Waals surface area contributed by atoms with E-state index in [0.717, 1.165) is 15.1 Å². The first-order chi connectivity index (χ1) is 10.0. The number of anilines is 2. The monoisotopic (exact) mass is 363 g/mol. The quantitative estimate of drug-likeness (QED) is 0.728. The van der Waals surface area contributed by atoms with Gasteiger partial charge in [0.1, 0.15) is 17.0 Å². The molecule has 0 aliphatic rings. The van der Waals surface area contributed by atoms with E-state index in [-0.39, 0.29) is 5.56 Å². The third kappa shape index (κ3) is 2.74. The smallest absolute Gasteiger partial charge is 0.337 e. The lowest BCUT2D eigenvalue weighted by atomic mass is 10.2. The lowest BCUT2D eigenvalue weighted by Gasteiger charge is -2.09. The van der Waals surface area contributed by atoms with Crippen molar-refractivity contribution in [1.29, 1.82) is 0 Å². The summed E-state index contributed by atoms with van der Waals surface area (Å²) in [7, 11) is 0. The largest absolute Gasteiger partial charge is 0.478 e. The number of hydrogen-bond acceptors (Lipinski definition) is 5. The molecule has 0 spiro atoms. The van der Waals surface area contributed by atoms with Crippen molar-refractivity contribution in [3.63, 3.8) is 0 Å². The molecule has 7 heteroatoms. The summed E-state index contributed by atoms with van der Waals surface area (Å²) >= 11 is 4.85. The first-order valence-electron chi connectivity index (χ1n) is 6.05. The summed E-state index contributed by atoms with van der Waals surface area (Å²) in [6.45, 7) is 2.00. The highest BCUT2D eigenvalue weighted by Crippen LogP contribution is 2.31. The molecule has 0 saturated carbocycles. The summed E-state index contributed by atoms with van der Waals surface area (Å²) in [6, 6.07) is 7.04. The molecule has 1 aromatic carbocycles. The maximum atomic E-state index is 11.3. The molecule has 2 heterocycles. The Bertz CT molecular complexity index is 847. The van der Waals surface area contributed by atoms with Crippen molar-refractivity contribution in [2.45, 2.75) is 6.92 Å². The van der Waals surface area contributed by atoms with Crippen LogP contribution in [-0.2, 0) is 0 Å². The first-order valence-corrected chi connectivity index (χ1v) is 7.66. The molecule has 5 nitrogen and oxygen atoms in total. The number of fused-ring (bicyclic) bond motifs is 1. The van der Waals surface area contributed by atoms with Crippen LogP contribution < -0.4 is 5.32 Å². The van der Waals surface area contributed by atoms with E-state index in [4.69, 9.17) is 0 Å². The van der Waals surface area contributed by atoms with Gasteiger partial charge < -0.3 is 10.4 Å². The summed E-state index contributed by atoms with van der Waals surface area (Å²) in [5.74, 6) is -0.389. The van der Waals surface area contributed by atoms with Crippen molar-refractivity contribution in [1.82, 2.24) is 9.97 Å². The molecule has 0 bridgehead atoms. The van der Waals surface area contributed by atoms with Crippen LogP contribution in [0.4, 0.5) is 11.5 Å². The number of nitrogens with one attached hydrogen (secondary N) is 1. The van der Waals surface area contributed by atoms with Crippen LogP contribution in [0.1, 0.15) is 15.2 Å². The predicted octanol–water partition coefficient (Wildman–Crippen LogP) is 4.20. The molecule has 0 aliphatic heterocycles. The van der Waals surface area contributed by atoms with Crippen LogP contribution in [0.15, 0.2) is 35.1 Å². The van der Waals surface area contributed by atoms with Gasteiger partial charge in [0.2, 0.25) is 0 Å². The molecule has 0 atom stereocenters. The Hall–Kier alpha value is -1.99. The van der Waals surface area contributed by atoms with E-state index < -0.39 is 5.97 Å². The fraction of sp³-hybridized carbons (Fsp3) is 0.0714. The second-order valence-electron chi connectivity index (χ2n) is 4.42. The zero-order valence-electron chi connectivity index (χ0n) is 10.9. The Kier molecular flexibility index (Phi) is 3.60. The number of benzene rings is 1. The number of nitrogens with zero attached hydrogens (tertiary/aromatic N) is 2. The molecular formula is C14H10BrN3O2S. The minimum atomic E-state index is -0.995. The molecule has 0 unspecified atom stereocenters. The van der Waals surface area contributed by atoms with Crippen molar-refractivity contribution in [3.8, 4) is 0 Å². The van der Waals surface area contributed by atoms with Gasteiger partial charge in [0.05, 0.1) is 16.6 Å². The average molecular weight is 364 g/mol. The van der Waals surface area contributed by atoms with E-state index in [0.29, 0.717) is 16.0 Å². The maximum absolute atomic E-state index is 11.3. The number of carboxylic acids is 1. The number of halogens is 1. The minimum Gasteiger partial charge on any atom is -0.478 e. The molecule has 3 aromatic rings. The first kappa shape index (κ1) is 14.0. The number of aromatic carboxylic acids is 1. The number of aromatic nitrogens is 2. The summed E-state index contributed by atoms with van der Waals surface area (Å²) in [4.78, 5) is 21.8. The van der Waals surface area contributed by atoms with E-state index in [1.807, 2.05) is 13.0 Å². The van der Waals surface area contributed by atoms with Crippen LogP contribution in [0.2, 0.25) is 0 Å². The Morgan fingerprint density at radius 1 is 1.33 bits per heavy atom. The normalized spacial score (nSPS) is 10.8. The topological polar surface area (TPSA) is 75.1 Å². The van der Waals surface area contributed by atoms with Crippen molar-refractivity contribution in [3.05, 3.63) is 45.5 Å². The summed E-state index contributed by atoms with van der Waals surface area (Å²) in [5, 5.41) is 13.3. The highest BCUT2D eigenvalue weighted by atomic mass is 79.9. The Balaban J connectivity index is 2.08. The van der Waals surface area contributed by atoms with Crippen molar-refractivity contribution in [2.24, 2.45) is 0 Å². The molecule has 21 heavy (non-hydrogen) atoms. The summed E-state index contributed by atoms with van der Waals surface area (Å²) in [6.07, 6.45) is 1.47. The molecule has 106 valence electrons. The summed E-state index contributed by atoms with van der Waals surface area (Å²) in [5.41, 5.74) is 0.678. The third-order valence-electron chi connectivity index (χ3n) is 2.92. The molecule has 3 rings (SSSR count). The lowest BCUT2D eigenvalue weighted by Crippen LogP contribution is -2.04. The van der Waals surface area contributed by atoms with Crippen LogP contribution in [0.5, 0.6) is 0 Å². The number of thiophene rings is 1. The number of hydrogen-bond donors (Lipinski definition) is 2. The fourth-order valence-corrected chi connectivity index (χ4v) is 3.21. The molecule has 0 saturated heterocycles. The Morgan fingerprint density at radius 2 is 2.14 bits per heavy atom. The second kappa shape index (κ2) is 5.42. The Morgan fingerprint density at radius 3 is 2.90 bits per heavy atom. The van der Waals surface area contributed by atoms with Gasteiger partial charge in [0.15, 0.2) is 0 Å². The highest BCUT2D eigenvalue weighted by molar-refractivity contribution is 9.10. The third-order valence-corrected chi connectivity index (χ3v) is 4.37. The van der Waals surface area contributed by atoms with E-state index >= 15 is 0 Å². The Labute approximate surface area is 132 Å². The minimum absolute atomic E-state index is 0.183. The van der Waals surface area contributed by atoms with Gasteiger partial charge in [-0.25, -0.2) is 14.8 Å². The van der Waals surface area contributed by atoms with E-state index in [9.17, 15) is 9.90 Å². The number of carbonyl (C=O) groups is 1. The molecule has 0 aliphatic carbocycles. The number of rotatable bonds is 3. The van der Waals surface area contributed by atoms with Gasteiger partial charge in [-0.05, 0) is 31.2 Å². The molecule has 2 N–H and O–H groups in total. The van der Waals surface area contributed by atoms with Gasteiger partial charge in [-0.1, -0.05) is 15.9 Å². The second-order valence-corrected chi connectivity index (χ2v) is 6.57. The maximum Gasteiger partial charge on any atom is 0.337 e. The molecule has 0 fully saturated rings. The van der Waals surface area contributed by atoms with Crippen molar-refractivity contribution >= 4 is 55.0 Å². The summed E-state index contributed by atoms with van der Waals surface area (Å²) < 4.78 is 0.713. The fourth-order valence-electron chi connectivity index (χ4n) is 2.01. The van der Waals surface area contributed by atoms with Gasteiger partial charge >= 0.3 is 5.97 Å². The van der Waals surface area contributed by atoms with E-state index in [2.05, 4.69) is 31.2 Å². The average Bonchev–Trinajstić information content (AvgIpc) is 2.82. The van der Waals surface area contributed by atoms with Gasteiger partial charge in [-0.2, -0.15) is 0 Å². The molecule has 0 amide bonds. The molecule has 2 aromatic heterocycles. The number of aryl methyl sites for hydroxylation is 1. The zero-order chi connectivity index (χ0) is 15.0. The standard InChI is InChI=1S/C14H10BrN3O2S/c1-7-4-10-12(16-6-17-13(10)21-7)18-11-3-2-8(15)5-9(11)14(19)20/h2-6H,1H3,(H,19,20)(H,16,17,18). The van der Waals surface area contributed by atoms with Gasteiger partial charge in [0, 0.05) is 9.35 Å². The zero-order valence-corrected chi connectivity index (χ0v) is 13.3. The lowest BCUT2D eigenvalue weighted by molar-refractivity contribution is 0.0698. The highest BCUT2D eigenvalue weighted by Gasteiger charge is 2.13. The molecule has 0 radical (unpaired) electrons. The van der Waals surface area contributed by atoms with Crippen LogP contribution >= 0.6 is 27.3 Å². The van der Waals surface area contributed by atoms with Crippen LogP contribution in [-0.4, -0.2) is 21.0 Å². The number of carboxylic acid groups (broad SMARTS) is 1. The van der Waals surface area contributed by atoms with Crippen LogP contribution in [0.25, 0.3) is 10.2 Å². The van der Waals surface area contributed by atoms with Gasteiger partial charge in [-0.15, -0.1) is 11.3 Å². The van der Waals surface area contributed by atoms with Crippen LogP contribution in [0.3, 0.4) is 0 Å². The van der Waals surface area contributed by atoms with Gasteiger partial charge in [-0.3, -0.25) is 0 Å². The van der Waals surface area contributed by atoms with Crippen molar-refractivity contribution in [2.75, 3.05) is 5.32 Å². The van der Waals surface area contributed by atoms with E-state index in [1.54, 1.807) is 29.5 Å². The van der Waals surface area contributed by atoms with Gasteiger partial charge in [0.25, 0.3) is 0 Å². The molecular weight excluding hydrogens is 354 g/mol. The predicted molar refractivity (Wildman–Crippen MR) is 86.5 cm³/mol.